The summed E-state index contributed by atoms with van der Waals surface area (Å²) in [6, 6.07) is 6.34. The number of carbonyl (C=O) groups is 2. The summed E-state index contributed by atoms with van der Waals surface area (Å²) in [5, 5.41) is 2.80. The van der Waals surface area contributed by atoms with Crippen molar-refractivity contribution in [3.63, 3.8) is 0 Å². The molecule has 0 saturated carbocycles. The van der Waals surface area contributed by atoms with Crippen LogP contribution >= 0.6 is 23.2 Å². The number of nitrogens with one attached hydrogen (secondary N) is 1. The van der Waals surface area contributed by atoms with Crippen molar-refractivity contribution < 1.29 is 18.7 Å². The van der Waals surface area contributed by atoms with E-state index in [-0.39, 0.29) is 16.4 Å². The highest BCUT2D eigenvalue weighted by atomic mass is 35.5. The van der Waals surface area contributed by atoms with E-state index >= 15 is 0 Å². The van der Waals surface area contributed by atoms with Crippen molar-refractivity contribution >= 4 is 40.8 Å². The number of amides is 1. The molecule has 120 valence electrons. The molecule has 1 amide bonds. The summed E-state index contributed by atoms with van der Waals surface area (Å²) in [5.74, 6) is -1.94. The van der Waals surface area contributed by atoms with Crippen molar-refractivity contribution in [1.29, 1.82) is 0 Å². The number of hydrogen-bond donors (Lipinski definition) is 1. The molecule has 0 unspecified atom stereocenters. The maximum atomic E-state index is 13.0. The third-order valence-corrected chi connectivity index (χ3v) is 3.32. The Bertz CT molecular complexity index is 755. The zero-order chi connectivity index (χ0) is 17.0. The van der Waals surface area contributed by atoms with Gasteiger partial charge in [0.15, 0.2) is 6.10 Å². The highest BCUT2D eigenvalue weighted by Gasteiger charge is 2.20. The molecule has 0 aliphatic heterocycles. The van der Waals surface area contributed by atoms with Crippen LogP contribution in [-0.2, 0) is 9.53 Å². The second-order valence-corrected chi connectivity index (χ2v) is 5.36. The molecular formula is C15H11Cl2FN2O3. The summed E-state index contributed by atoms with van der Waals surface area (Å²) in [6.07, 6.45) is 0.242. The monoisotopic (exact) mass is 356 g/mol. The van der Waals surface area contributed by atoms with Crippen LogP contribution in [0.4, 0.5) is 10.1 Å². The number of halogens is 3. The van der Waals surface area contributed by atoms with Gasteiger partial charge in [0, 0.05) is 11.2 Å². The van der Waals surface area contributed by atoms with E-state index in [2.05, 4.69) is 10.3 Å². The lowest BCUT2D eigenvalue weighted by atomic mass is 10.3. The van der Waals surface area contributed by atoms with Crippen LogP contribution in [0.25, 0.3) is 0 Å². The first-order valence-corrected chi connectivity index (χ1v) is 7.21. The maximum Gasteiger partial charge on any atom is 0.357 e. The minimum absolute atomic E-state index is 0.0167. The molecule has 23 heavy (non-hydrogen) atoms. The number of carbonyl (C=O) groups excluding carboxylic acids is 2. The molecule has 0 spiro atoms. The Hall–Kier alpha value is -2.18. The molecule has 0 aliphatic carbocycles. The minimum atomic E-state index is -1.11. The van der Waals surface area contributed by atoms with Crippen LogP contribution in [0.2, 0.25) is 10.0 Å². The van der Waals surface area contributed by atoms with Crippen LogP contribution in [0.1, 0.15) is 17.4 Å². The van der Waals surface area contributed by atoms with E-state index in [0.29, 0.717) is 5.02 Å². The van der Waals surface area contributed by atoms with Crippen LogP contribution < -0.4 is 5.32 Å². The Labute approximate surface area is 141 Å². The smallest absolute Gasteiger partial charge is 0.357 e. The molecule has 1 aromatic carbocycles. The molecule has 2 rings (SSSR count). The Kier molecular flexibility index (Phi) is 5.52. The number of ether oxygens (including phenoxy) is 1. The highest BCUT2D eigenvalue weighted by molar-refractivity contribution is 6.33. The lowest BCUT2D eigenvalue weighted by Crippen LogP contribution is -2.30. The number of rotatable bonds is 4. The summed E-state index contributed by atoms with van der Waals surface area (Å²) in [4.78, 5) is 27.7. The number of hydrogen-bond acceptors (Lipinski definition) is 4. The van der Waals surface area contributed by atoms with Gasteiger partial charge in [-0.2, -0.15) is 0 Å². The fourth-order valence-corrected chi connectivity index (χ4v) is 1.99. The van der Waals surface area contributed by atoms with E-state index in [1.807, 2.05) is 0 Å². The maximum absolute atomic E-state index is 13.0. The average Bonchev–Trinajstić information content (AvgIpc) is 2.49. The predicted octanol–water partition coefficient (Wildman–Crippen LogP) is 3.71. The molecule has 2 aromatic rings. The van der Waals surface area contributed by atoms with Crippen LogP contribution in [0.5, 0.6) is 0 Å². The van der Waals surface area contributed by atoms with Gasteiger partial charge in [-0.3, -0.25) is 4.79 Å². The fourth-order valence-electron chi connectivity index (χ4n) is 1.62. The number of nitrogens with zero attached hydrogens (tertiary/aromatic N) is 1. The first-order valence-electron chi connectivity index (χ1n) is 6.45. The molecule has 0 bridgehead atoms. The molecular weight excluding hydrogens is 346 g/mol. The summed E-state index contributed by atoms with van der Waals surface area (Å²) < 4.78 is 18.0. The molecule has 0 fully saturated rings. The number of aromatic nitrogens is 1. The van der Waals surface area contributed by atoms with Crippen LogP contribution in [-0.4, -0.2) is 23.0 Å². The molecule has 0 saturated heterocycles. The van der Waals surface area contributed by atoms with Gasteiger partial charge in [0.2, 0.25) is 0 Å². The van der Waals surface area contributed by atoms with E-state index in [4.69, 9.17) is 27.9 Å². The SMILES string of the molecule is C[C@@H](OC(=O)c1cc(Cl)ccn1)C(=O)Nc1ccc(F)cc1Cl. The first kappa shape index (κ1) is 17.2. The molecule has 1 heterocycles. The summed E-state index contributed by atoms with van der Waals surface area (Å²) in [6.45, 7) is 1.38. The zero-order valence-electron chi connectivity index (χ0n) is 11.8. The Morgan fingerprint density at radius 1 is 1.26 bits per heavy atom. The Morgan fingerprint density at radius 2 is 2.00 bits per heavy atom. The first-order chi connectivity index (χ1) is 10.9. The largest absolute Gasteiger partial charge is 0.448 e. The van der Waals surface area contributed by atoms with E-state index in [1.54, 1.807) is 0 Å². The topological polar surface area (TPSA) is 68.3 Å². The van der Waals surface area contributed by atoms with Gasteiger partial charge in [-0.05, 0) is 37.3 Å². The van der Waals surface area contributed by atoms with E-state index in [9.17, 15) is 14.0 Å². The van der Waals surface area contributed by atoms with Crippen LogP contribution in [0, 0.1) is 5.82 Å². The fraction of sp³-hybridized carbons (Fsp3) is 0.133. The van der Waals surface area contributed by atoms with Gasteiger partial charge in [0.05, 0.1) is 10.7 Å². The van der Waals surface area contributed by atoms with Crippen molar-refractivity contribution in [3.8, 4) is 0 Å². The second-order valence-electron chi connectivity index (χ2n) is 4.52. The Balaban J connectivity index is 2.01. The molecule has 8 heteroatoms. The number of pyridine rings is 1. The molecule has 1 aromatic heterocycles. The molecule has 0 radical (unpaired) electrons. The lowest BCUT2D eigenvalue weighted by molar-refractivity contribution is -0.123. The van der Waals surface area contributed by atoms with Gasteiger partial charge in [0.1, 0.15) is 11.5 Å². The van der Waals surface area contributed by atoms with Crippen LogP contribution in [0.15, 0.2) is 36.5 Å². The lowest BCUT2D eigenvalue weighted by Gasteiger charge is -2.14. The molecule has 1 N–H and O–H groups in total. The summed E-state index contributed by atoms with van der Waals surface area (Å²) >= 11 is 11.6. The van der Waals surface area contributed by atoms with Gasteiger partial charge >= 0.3 is 5.97 Å². The number of esters is 1. The summed E-state index contributed by atoms with van der Waals surface area (Å²) in [5.41, 5.74) is 0.193. The number of anilines is 1. The molecule has 5 nitrogen and oxygen atoms in total. The number of benzene rings is 1. The van der Waals surface area contributed by atoms with Crippen molar-refractivity contribution in [2.24, 2.45) is 0 Å². The average molecular weight is 357 g/mol. The van der Waals surface area contributed by atoms with Crippen molar-refractivity contribution in [1.82, 2.24) is 4.98 Å². The standard InChI is InChI=1S/C15H11Cl2FN2O3/c1-8(23-15(22)13-6-9(16)4-5-19-13)14(21)20-12-3-2-10(18)7-11(12)17/h2-8H,1H3,(H,20,21)/t8-/m1/s1. The van der Waals surface area contributed by atoms with Gasteiger partial charge in [0.25, 0.3) is 5.91 Å². The van der Waals surface area contributed by atoms with Gasteiger partial charge in [-0.25, -0.2) is 14.2 Å². The summed E-state index contributed by atoms with van der Waals surface area (Å²) in [7, 11) is 0. The Morgan fingerprint density at radius 3 is 2.65 bits per heavy atom. The quantitative estimate of drug-likeness (QED) is 0.847. The van der Waals surface area contributed by atoms with Gasteiger partial charge in [-0.1, -0.05) is 23.2 Å². The normalized spacial score (nSPS) is 11.7. The predicted molar refractivity (Wildman–Crippen MR) is 84.2 cm³/mol. The van der Waals surface area contributed by atoms with E-state index < -0.39 is 23.8 Å². The molecule has 1 atom stereocenters. The van der Waals surface area contributed by atoms with Gasteiger partial charge in [-0.15, -0.1) is 0 Å². The van der Waals surface area contributed by atoms with Crippen molar-refractivity contribution in [2.45, 2.75) is 13.0 Å². The zero-order valence-corrected chi connectivity index (χ0v) is 13.4. The minimum Gasteiger partial charge on any atom is -0.448 e. The third kappa shape index (κ3) is 4.64. The highest BCUT2D eigenvalue weighted by Crippen LogP contribution is 2.22. The van der Waals surface area contributed by atoms with Crippen molar-refractivity contribution in [2.75, 3.05) is 5.32 Å². The van der Waals surface area contributed by atoms with Crippen molar-refractivity contribution in [3.05, 3.63) is 58.1 Å². The van der Waals surface area contributed by atoms with E-state index in [1.165, 1.54) is 31.3 Å². The van der Waals surface area contributed by atoms with Gasteiger partial charge < -0.3 is 10.1 Å². The van der Waals surface area contributed by atoms with Crippen LogP contribution in [0.3, 0.4) is 0 Å². The van der Waals surface area contributed by atoms with E-state index in [0.717, 1.165) is 12.1 Å². The third-order valence-electron chi connectivity index (χ3n) is 2.77. The molecule has 0 aliphatic rings. The second kappa shape index (κ2) is 7.39.